The molecule has 0 spiro atoms. The molecule has 1 saturated heterocycles. The molecule has 1 aliphatic heterocycles. The number of carbonyl (C=O) groups is 2. The second kappa shape index (κ2) is 5.79. The third-order valence-corrected chi connectivity index (χ3v) is 4.22. The van der Waals surface area contributed by atoms with E-state index in [1.54, 1.807) is 4.90 Å². The Labute approximate surface area is 134 Å². The molecule has 2 atom stereocenters. The van der Waals surface area contributed by atoms with E-state index in [1.165, 1.54) is 0 Å². The molecule has 2 rings (SSSR count). The number of hydrogen-bond acceptors (Lipinski definition) is 2. The molecule has 1 aromatic rings. The van der Waals surface area contributed by atoms with E-state index in [0.29, 0.717) is 6.42 Å². The van der Waals surface area contributed by atoms with Crippen molar-refractivity contribution in [2.24, 2.45) is 5.41 Å². The van der Waals surface area contributed by atoms with Gasteiger partial charge in [0.25, 0.3) is 5.91 Å². The lowest BCUT2D eigenvalue weighted by Gasteiger charge is -2.43. The molecule has 4 nitrogen and oxygen atoms in total. The first-order valence-corrected chi connectivity index (χ1v) is 7.94. The second-order valence-corrected chi connectivity index (χ2v) is 7.34. The second-order valence-electron chi connectivity index (χ2n) is 6.42. The van der Waals surface area contributed by atoms with Gasteiger partial charge in [0.2, 0.25) is 5.91 Å². The molecular weight excluding hydrogens is 332 g/mol. The topological polar surface area (TPSA) is 49.4 Å². The van der Waals surface area contributed by atoms with E-state index in [1.807, 2.05) is 52.0 Å². The average molecular weight is 353 g/mol. The van der Waals surface area contributed by atoms with Gasteiger partial charge in [0.15, 0.2) is 0 Å². The number of rotatable bonds is 2. The molecule has 1 heterocycles. The number of amides is 2. The van der Waals surface area contributed by atoms with Crippen LogP contribution in [-0.2, 0) is 9.59 Å². The van der Waals surface area contributed by atoms with Gasteiger partial charge in [-0.3, -0.25) is 14.5 Å². The van der Waals surface area contributed by atoms with Gasteiger partial charge in [0.05, 0.1) is 0 Å². The maximum absolute atomic E-state index is 12.9. The highest BCUT2D eigenvalue weighted by Crippen LogP contribution is 2.30. The lowest BCUT2D eigenvalue weighted by Crippen LogP contribution is -2.66. The summed E-state index contributed by atoms with van der Waals surface area (Å²) in [6.07, 6.45) is 0.584. The zero-order chi connectivity index (χ0) is 15.8. The SMILES string of the molecule is CCC1C(=O)NC(C(C)(C)C)C(=O)N1c1cccc(Br)c1. The van der Waals surface area contributed by atoms with Crippen LogP contribution in [0.1, 0.15) is 34.1 Å². The molecule has 0 saturated carbocycles. The summed E-state index contributed by atoms with van der Waals surface area (Å²) >= 11 is 3.42. The molecule has 0 bridgehead atoms. The summed E-state index contributed by atoms with van der Waals surface area (Å²) in [5.41, 5.74) is 0.431. The highest BCUT2D eigenvalue weighted by Gasteiger charge is 2.45. The fourth-order valence-electron chi connectivity index (χ4n) is 2.60. The molecule has 5 heteroatoms. The van der Waals surface area contributed by atoms with Crippen LogP contribution < -0.4 is 10.2 Å². The Morgan fingerprint density at radius 3 is 2.48 bits per heavy atom. The van der Waals surface area contributed by atoms with Crippen molar-refractivity contribution >= 4 is 33.4 Å². The summed E-state index contributed by atoms with van der Waals surface area (Å²) in [5.74, 6) is -0.135. The van der Waals surface area contributed by atoms with Gasteiger partial charge < -0.3 is 5.32 Å². The minimum atomic E-state index is -0.508. The smallest absolute Gasteiger partial charge is 0.250 e. The quantitative estimate of drug-likeness (QED) is 0.888. The first-order chi connectivity index (χ1) is 9.75. The van der Waals surface area contributed by atoms with Crippen molar-refractivity contribution in [2.45, 2.75) is 46.2 Å². The lowest BCUT2D eigenvalue weighted by molar-refractivity contribution is -0.136. The summed E-state index contributed by atoms with van der Waals surface area (Å²) in [4.78, 5) is 26.9. The number of piperazine rings is 1. The summed E-state index contributed by atoms with van der Waals surface area (Å²) in [5, 5.41) is 2.88. The van der Waals surface area contributed by atoms with Gasteiger partial charge in [0.1, 0.15) is 12.1 Å². The summed E-state index contributed by atoms with van der Waals surface area (Å²) in [6.45, 7) is 7.80. The fourth-order valence-corrected chi connectivity index (χ4v) is 2.99. The van der Waals surface area contributed by atoms with Crippen LogP contribution in [0.4, 0.5) is 5.69 Å². The van der Waals surface area contributed by atoms with Gasteiger partial charge in [-0.15, -0.1) is 0 Å². The average Bonchev–Trinajstić information content (AvgIpc) is 2.39. The number of nitrogens with one attached hydrogen (secondary N) is 1. The molecule has 0 radical (unpaired) electrons. The fraction of sp³-hybridized carbons (Fsp3) is 0.500. The van der Waals surface area contributed by atoms with Gasteiger partial charge in [-0.05, 0) is 30.0 Å². The third kappa shape index (κ3) is 3.12. The van der Waals surface area contributed by atoms with E-state index in [-0.39, 0.29) is 17.2 Å². The van der Waals surface area contributed by atoms with E-state index in [9.17, 15) is 9.59 Å². The molecule has 0 aliphatic carbocycles. The van der Waals surface area contributed by atoms with Crippen LogP contribution >= 0.6 is 15.9 Å². The van der Waals surface area contributed by atoms with Crippen LogP contribution in [0.15, 0.2) is 28.7 Å². The Morgan fingerprint density at radius 1 is 1.29 bits per heavy atom. The maximum Gasteiger partial charge on any atom is 0.250 e. The van der Waals surface area contributed by atoms with Crippen LogP contribution in [0.5, 0.6) is 0 Å². The molecular formula is C16H21BrN2O2. The van der Waals surface area contributed by atoms with E-state index < -0.39 is 12.1 Å². The van der Waals surface area contributed by atoms with Gasteiger partial charge >= 0.3 is 0 Å². The minimum absolute atomic E-state index is 0.0490. The zero-order valence-corrected chi connectivity index (χ0v) is 14.4. The van der Waals surface area contributed by atoms with Gasteiger partial charge in [-0.1, -0.05) is 49.7 Å². The summed E-state index contributed by atoms with van der Waals surface area (Å²) < 4.78 is 0.890. The highest BCUT2D eigenvalue weighted by molar-refractivity contribution is 9.10. The molecule has 1 N–H and O–H groups in total. The van der Waals surface area contributed by atoms with Crippen molar-refractivity contribution < 1.29 is 9.59 Å². The Kier molecular flexibility index (Phi) is 4.42. The Morgan fingerprint density at radius 2 is 1.95 bits per heavy atom. The van der Waals surface area contributed by atoms with Crippen LogP contribution in [0.25, 0.3) is 0 Å². The Hall–Kier alpha value is -1.36. The van der Waals surface area contributed by atoms with E-state index >= 15 is 0 Å². The lowest BCUT2D eigenvalue weighted by atomic mass is 9.83. The predicted molar refractivity (Wildman–Crippen MR) is 87.1 cm³/mol. The van der Waals surface area contributed by atoms with Crippen molar-refractivity contribution in [3.63, 3.8) is 0 Å². The van der Waals surface area contributed by atoms with E-state index in [0.717, 1.165) is 10.2 Å². The monoisotopic (exact) mass is 352 g/mol. The predicted octanol–water partition coefficient (Wildman–Crippen LogP) is 3.11. The molecule has 2 amide bonds. The summed E-state index contributed by atoms with van der Waals surface area (Å²) in [7, 11) is 0. The molecule has 2 unspecified atom stereocenters. The Balaban J connectivity index is 2.47. The number of benzene rings is 1. The van der Waals surface area contributed by atoms with Crippen LogP contribution in [-0.4, -0.2) is 23.9 Å². The highest BCUT2D eigenvalue weighted by atomic mass is 79.9. The Bertz CT molecular complexity index is 566. The minimum Gasteiger partial charge on any atom is -0.342 e. The van der Waals surface area contributed by atoms with E-state index in [2.05, 4.69) is 21.2 Å². The zero-order valence-electron chi connectivity index (χ0n) is 12.8. The standard InChI is InChI=1S/C16H21BrN2O2/c1-5-12-14(20)18-13(16(2,3)4)15(21)19(12)11-8-6-7-10(17)9-11/h6-9,12-13H,5H2,1-4H3,(H,18,20). The number of halogens is 1. The molecule has 1 aromatic carbocycles. The van der Waals surface area contributed by atoms with Crippen molar-refractivity contribution in [3.05, 3.63) is 28.7 Å². The van der Waals surface area contributed by atoms with Crippen molar-refractivity contribution in [2.75, 3.05) is 4.90 Å². The van der Waals surface area contributed by atoms with Crippen molar-refractivity contribution in [1.29, 1.82) is 0 Å². The molecule has 114 valence electrons. The molecule has 0 aromatic heterocycles. The first-order valence-electron chi connectivity index (χ1n) is 7.14. The third-order valence-electron chi connectivity index (χ3n) is 3.72. The number of nitrogens with zero attached hydrogens (tertiary/aromatic N) is 1. The largest absolute Gasteiger partial charge is 0.342 e. The van der Waals surface area contributed by atoms with Crippen LogP contribution in [0, 0.1) is 5.41 Å². The molecule has 21 heavy (non-hydrogen) atoms. The van der Waals surface area contributed by atoms with Crippen LogP contribution in [0.2, 0.25) is 0 Å². The van der Waals surface area contributed by atoms with Crippen molar-refractivity contribution in [3.8, 4) is 0 Å². The van der Waals surface area contributed by atoms with Crippen LogP contribution in [0.3, 0.4) is 0 Å². The van der Waals surface area contributed by atoms with Gasteiger partial charge in [-0.25, -0.2) is 0 Å². The van der Waals surface area contributed by atoms with Crippen molar-refractivity contribution in [1.82, 2.24) is 5.32 Å². The normalized spacial score (nSPS) is 23.2. The molecule has 1 fully saturated rings. The maximum atomic E-state index is 12.9. The number of anilines is 1. The number of hydrogen-bond donors (Lipinski definition) is 1. The summed E-state index contributed by atoms with van der Waals surface area (Å²) in [6, 6.07) is 6.55. The van der Waals surface area contributed by atoms with Gasteiger partial charge in [0, 0.05) is 10.2 Å². The molecule has 1 aliphatic rings. The number of carbonyl (C=O) groups excluding carboxylic acids is 2. The van der Waals surface area contributed by atoms with Gasteiger partial charge in [-0.2, -0.15) is 0 Å². The van der Waals surface area contributed by atoms with E-state index in [4.69, 9.17) is 0 Å². The first kappa shape index (κ1) is 16.0.